The lowest BCUT2D eigenvalue weighted by atomic mass is 9.68. The van der Waals surface area contributed by atoms with Crippen molar-refractivity contribution in [2.24, 2.45) is 5.41 Å². The van der Waals surface area contributed by atoms with E-state index < -0.39 is 23.5 Å². The zero-order valence-electron chi connectivity index (χ0n) is 19.6. The molecule has 0 bridgehead atoms. The van der Waals surface area contributed by atoms with E-state index in [1.165, 1.54) is 0 Å². The molecule has 8 nitrogen and oxygen atoms in total. The van der Waals surface area contributed by atoms with E-state index in [2.05, 4.69) is 15.6 Å². The van der Waals surface area contributed by atoms with Crippen LogP contribution in [-0.4, -0.2) is 40.2 Å². The van der Waals surface area contributed by atoms with E-state index >= 15 is 0 Å². The quantitative estimate of drug-likeness (QED) is 0.389. The van der Waals surface area contributed by atoms with Crippen molar-refractivity contribution in [2.75, 3.05) is 7.11 Å². The Morgan fingerprint density at radius 1 is 1.21 bits per heavy atom. The van der Waals surface area contributed by atoms with Crippen molar-refractivity contribution in [1.29, 1.82) is 0 Å². The first kappa shape index (κ1) is 23.6. The van der Waals surface area contributed by atoms with E-state index in [1.54, 1.807) is 7.11 Å². The molecular weight excluding hydrogens is 432 g/mol. The lowest BCUT2D eigenvalue weighted by Crippen LogP contribution is -2.56. The van der Waals surface area contributed by atoms with Crippen LogP contribution in [0.2, 0.25) is 0 Å². The number of carboxylic acids is 1. The molecule has 1 unspecified atom stereocenters. The summed E-state index contributed by atoms with van der Waals surface area (Å²) < 4.78 is 5.25. The third-order valence-corrected chi connectivity index (χ3v) is 7.04. The summed E-state index contributed by atoms with van der Waals surface area (Å²) in [5, 5.41) is 16.0. The molecule has 1 saturated carbocycles. The molecule has 1 aromatic heterocycles. The number of nitrogens with zero attached hydrogens (tertiary/aromatic N) is 1. The first-order valence-corrected chi connectivity index (χ1v) is 11.8. The highest BCUT2D eigenvalue weighted by atomic mass is 16.5. The second-order valence-corrected chi connectivity index (χ2v) is 8.97. The maximum absolute atomic E-state index is 13.2. The second kappa shape index (κ2) is 10.2. The predicted molar refractivity (Wildman–Crippen MR) is 130 cm³/mol. The summed E-state index contributed by atoms with van der Waals surface area (Å²) in [6.45, 7) is 1.88. The van der Waals surface area contributed by atoms with Gasteiger partial charge in [-0.2, -0.15) is 0 Å². The highest BCUT2D eigenvalue weighted by molar-refractivity contribution is 5.80. The Balaban J connectivity index is 1.56. The third-order valence-electron chi connectivity index (χ3n) is 7.04. The van der Waals surface area contributed by atoms with Crippen molar-refractivity contribution in [1.82, 2.24) is 20.6 Å². The fourth-order valence-corrected chi connectivity index (χ4v) is 4.99. The number of para-hydroxylation sites is 2. The Morgan fingerprint density at radius 3 is 2.65 bits per heavy atom. The smallest absolute Gasteiger partial charge is 0.315 e. The molecule has 2 aromatic carbocycles. The number of H-pyrrole nitrogens is 1. The lowest BCUT2D eigenvalue weighted by Gasteiger charge is -2.40. The van der Waals surface area contributed by atoms with Crippen molar-refractivity contribution in [2.45, 2.75) is 57.5 Å². The van der Waals surface area contributed by atoms with Crippen LogP contribution in [-0.2, 0) is 11.2 Å². The van der Waals surface area contributed by atoms with E-state index in [9.17, 15) is 14.7 Å². The normalized spacial score (nSPS) is 21.1. The standard InChI is InChI=1S/C26H32N4O4/c1-3-26(24(31)32)15-7-6-10-22(26)30-25(33)29-21(16-17-11-13-18(34-2)14-12-17)23-27-19-8-4-5-9-20(19)28-23/h4-5,8-9,11-14,21-22H,3,6-7,10,15-16H2,1-2H3,(H,27,28)(H,31,32)(H2,29,30,33)/t21?,22-,26-/m0/s1. The van der Waals surface area contributed by atoms with E-state index in [4.69, 9.17) is 9.72 Å². The van der Waals surface area contributed by atoms with Gasteiger partial charge in [0.25, 0.3) is 0 Å². The van der Waals surface area contributed by atoms with E-state index in [0.29, 0.717) is 31.5 Å². The molecule has 1 aliphatic rings. The molecule has 0 saturated heterocycles. The molecule has 1 fully saturated rings. The molecule has 1 aliphatic carbocycles. The minimum Gasteiger partial charge on any atom is -0.497 e. The number of carbonyl (C=O) groups is 2. The number of rotatable bonds is 8. The average Bonchev–Trinajstić information content (AvgIpc) is 3.29. The Kier molecular flexibility index (Phi) is 7.05. The van der Waals surface area contributed by atoms with Gasteiger partial charge in [-0.1, -0.05) is 44.0 Å². The summed E-state index contributed by atoms with van der Waals surface area (Å²) in [7, 11) is 1.62. The molecule has 0 aliphatic heterocycles. The van der Waals surface area contributed by atoms with E-state index in [1.807, 2.05) is 55.5 Å². The molecule has 0 radical (unpaired) electrons. The first-order chi connectivity index (χ1) is 16.4. The minimum atomic E-state index is -0.930. The number of fused-ring (bicyclic) bond motifs is 1. The number of imidazole rings is 1. The lowest BCUT2D eigenvalue weighted by molar-refractivity contribution is -0.153. The molecule has 0 spiro atoms. The molecule has 2 amide bonds. The van der Waals surface area contributed by atoms with Gasteiger partial charge in [0.05, 0.1) is 29.6 Å². The largest absolute Gasteiger partial charge is 0.497 e. The van der Waals surface area contributed by atoms with Crippen LogP contribution in [0.1, 0.15) is 56.5 Å². The number of ether oxygens (including phenoxy) is 1. The van der Waals surface area contributed by atoms with Gasteiger partial charge in [-0.15, -0.1) is 0 Å². The molecule has 8 heteroatoms. The van der Waals surface area contributed by atoms with Crippen LogP contribution in [0.15, 0.2) is 48.5 Å². The summed E-state index contributed by atoms with van der Waals surface area (Å²) in [6, 6.07) is 14.2. The number of aromatic nitrogens is 2. The monoisotopic (exact) mass is 464 g/mol. The van der Waals surface area contributed by atoms with Crippen LogP contribution in [0.3, 0.4) is 0 Å². The van der Waals surface area contributed by atoms with Crippen molar-refractivity contribution in [3.63, 3.8) is 0 Å². The molecule has 4 N–H and O–H groups in total. The van der Waals surface area contributed by atoms with Gasteiger partial charge in [-0.05, 0) is 55.5 Å². The van der Waals surface area contributed by atoms with Crippen molar-refractivity contribution >= 4 is 23.0 Å². The second-order valence-electron chi connectivity index (χ2n) is 8.97. The van der Waals surface area contributed by atoms with Gasteiger partial charge in [0, 0.05) is 6.04 Å². The van der Waals surface area contributed by atoms with E-state index in [-0.39, 0.29) is 6.03 Å². The number of methoxy groups -OCH3 is 1. The molecule has 3 aromatic rings. The number of carboxylic acid groups (broad SMARTS) is 1. The number of aliphatic carboxylic acids is 1. The number of nitrogens with one attached hydrogen (secondary N) is 3. The number of urea groups is 1. The van der Waals surface area contributed by atoms with Crippen LogP contribution < -0.4 is 15.4 Å². The SMILES string of the molecule is CC[C@]1(C(=O)O)CCCC[C@@H]1NC(=O)NC(Cc1ccc(OC)cc1)c1nc2ccccc2[nH]1. The molecule has 34 heavy (non-hydrogen) atoms. The number of hydrogen-bond acceptors (Lipinski definition) is 4. The zero-order valence-corrected chi connectivity index (χ0v) is 19.6. The summed E-state index contributed by atoms with van der Waals surface area (Å²) in [5.74, 6) is 0.569. The average molecular weight is 465 g/mol. The molecule has 4 rings (SSSR count). The molecular formula is C26H32N4O4. The van der Waals surface area contributed by atoms with Gasteiger partial charge in [0.2, 0.25) is 0 Å². The molecule has 3 atom stereocenters. The fraction of sp³-hybridized carbons (Fsp3) is 0.423. The zero-order chi connectivity index (χ0) is 24.1. The first-order valence-electron chi connectivity index (χ1n) is 11.8. The topological polar surface area (TPSA) is 116 Å². The highest BCUT2D eigenvalue weighted by Gasteiger charge is 2.46. The van der Waals surface area contributed by atoms with Gasteiger partial charge >= 0.3 is 12.0 Å². The Bertz CT molecular complexity index is 1110. The van der Waals surface area contributed by atoms with Crippen molar-refractivity contribution in [3.8, 4) is 5.75 Å². The van der Waals surface area contributed by atoms with Crippen LogP contribution in [0.5, 0.6) is 5.75 Å². The van der Waals surface area contributed by atoms with Gasteiger partial charge in [0.15, 0.2) is 0 Å². The Hall–Kier alpha value is -3.55. The number of carbonyl (C=O) groups excluding carboxylic acids is 1. The van der Waals surface area contributed by atoms with Crippen LogP contribution in [0.25, 0.3) is 11.0 Å². The van der Waals surface area contributed by atoms with Crippen LogP contribution in [0, 0.1) is 5.41 Å². The summed E-state index contributed by atoms with van der Waals surface area (Å²) in [6.07, 6.45) is 3.98. The minimum absolute atomic E-state index is 0.384. The van der Waals surface area contributed by atoms with Crippen LogP contribution >= 0.6 is 0 Å². The summed E-state index contributed by atoms with van der Waals surface area (Å²) >= 11 is 0. The molecule has 1 heterocycles. The predicted octanol–water partition coefficient (Wildman–Crippen LogP) is 4.58. The number of hydrogen-bond donors (Lipinski definition) is 4. The maximum Gasteiger partial charge on any atom is 0.315 e. The van der Waals surface area contributed by atoms with Gasteiger partial charge in [0.1, 0.15) is 11.6 Å². The fourth-order valence-electron chi connectivity index (χ4n) is 4.99. The summed E-state index contributed by atoms with van der Waals surface area (Å²) in [4.78, 5) is 33.3. The maximum atomic E-state index is 13.2. The van der Waals surface area contributed by atoms with Gasteiger partial charge < -0.3 is 25.5 Å². The highest BCUT2D eigenvalue weighted by Crippen LogP contribution is 2.39. The Labute approximate surface area is 199 Å². The number of amides is 2. The number of benzene rings is 2. The summed E-state index contributed by atoms with van der Waals surface area (Å²) in [5.41, 5.74) is 1.79. The van der Waals surface area contributed by atoms with E-state index in [0.717, 1.165) is 35.2 Å². The van der Waals surface area contributed by atoms with Gasteiger partial charge in [-0.25, -0.2) is 9.78 Å². The van der Waals surface area contributed by atoms with Crippen molar-refractivity contribution in [3.05, 3.63) is 59.9 Å². The van der Waals surface area contributed by atoms with Crippen LogP contribution in [0.4, 0.5) is 4.79 Å². The third kappa shape index (κ3) is 4.85. The molecule has 180 valence electrons. The van der Waals surface area contributed by atoms with Gasteiger partial charge in [-0.3, -0.25) is 4.79 Å². The Morgan fingerprint density at radius 2 is 1.97 bits per heavy atom. The number of aromatic amines is 1. The van der Waals surface area contributed by atoms with Crippen molar-refractivity contribution < 1.29 is 19.4 Å².